The Balaban J connectivity index is 2.37. The molecular formula is C16H25FN2O2. The normalized spacial score (nSPS) is 13.7. The number of primary amides is 1. The third-order valence-electron chi connectivity index (χ3n) is 3.59. The van der Waals surface area contributed by atoms with Gasteiger partial charge >= 0.3 is 0 Å². The van der Waals surface area contributed by atoms with E-state index in [1.165, 1.54) is 12.1 Å². The molecule has 0 fully saturated rings. The molecule has 1 aromatic rings. The van der Waals surface area contributed by atoms with Crippen LogP contribution in [0.1, 0.15) is 38.7 Å². The number of halogens is 1. The lowest BCUT2D eigenvalue weighted by molar-refractivity contribution is -0.124. The van der Waals surface area contributed by atoms with Crippen molar-refractivity contribution in [1.82, 2.24) is 5.32 Å². The summed E-state index contributed by atoms with van der Waals surface area (Å²) in [6.07, 6.45) is 2.24. The predicted molar refractivity (Wildman–Crippen MR) is 81.8 cm³/mol. The SMILES string of the molecule is CCNC(C)(CCCCOc1cc(F)ccc1C)C(N)=O. The summed E-state index contributed by atoms with van der Waals surface area (Å²) in [6.45, 7) is 6.82. The Morgan fingerprint density at radius 1 is 1.43 bits per heavy atom. The first kappa shape index (κ1) is 17.4. The van der Waals surface area contributed by atoms with E-state index < -0.39 is 5.54 Å². The molecule has 0 spiro atoms. The van der Waals surface area contributed by atoms with Gasteiger partial charge < -0.3 is 15.8 Å². The van der Waals surface area contributed by atoms with Crippen molar-refractivity contribution in [1.29, 1.82) is 0 Å². The van der Waals surface area contributed by atoms with Crippen LogP contribution in [0.4, 0.5) is 4.39 Å². The van der Waals surface area contributed by atoms with E-state index in [-0.39, 0.29) is 11.7 Å². The molecule has 1 amide bonds. The first-order chi connectivity index (χ1) is 9.89. The number of benzene rings is 1. The summed E-state index contributed by atoms with van der Waals surface area (Å²) in [5, 5.41) is 3.12. The average Bonchev–Trinajstić information content (AvgIpc) is 2.42. The van der Waals surface area contributed by atoms with Crippen molar-refractivity contribution in [3.63, 3.8) is 0 Å². The number of nitrogens with two attached hydrogens (primary N) is 1. The molecule has 0 aliphatic carbocycles. The molecule has 1 unspecified atom stereocenters. The lowest BCUT2D eigenvalue weighted by atomic mass is 9.94. The lowest BCUT2D eigenvalue weighted by Crippen LogP contribution is -2.53. The van der Waals surface area contributed by atoms with E-state index in [0.29, 0.717) is 25.3 Å². The van der Waals surface area contributed by atoms with E-state index in [4.69, 9.17) is 10.5 Å². The molecule has 0 saturated heterocycles. The van der Waals surface area contributed by atoms with Crippen LogP contribution in [0.5, 0.6) is 5.75 Å². The zero-order chi connectivity index (χ0) is 15.9. The second-order valence-corrected chi connectivity index (χ2v) is 5.44. The molecule has 0 aromatic heterocycles. The Morgan fingerprint density at radius 2 is 2.14 bits per heavy atom. The van der Waals surface area contributed by atoms with Gasteiger partial charge in [-0.05, 0) is 51.3 Å². The maximum absolute atomic E-state index is 13.1. The molecule has 1 rings (SSSR count). The summed E-state index contributed by atoms with van der Waals surface area (Å²) in [5.41, 5.74) is 5.66. The van der Waals surface area contributed by atoms with Gasteiger partial charge in [0.05, 0.1) is 12.1 Å². The van der Waals surface area contributed by atoms with Crippen molar-refractivity contribution in [2.45, 2.75) is 45.6 Å². The fourth-order valence-corrected chi connectivity index (χ4v) is 2.18. The first-order valence-corrected chi connectivity index (χ1v) is 7.33. The highest BCUT2D eigenvalue weighted by molar-refractivity contribution is 5.84. The standard InChI is InChI=1S/C16H25FN2O2/c1-4-19-16(3,15(18)20)9-5-6-10-21-14-11-13(17)8-7-12(14)2/h7-8,11,19H,4-6,9-10H2,1-3H3,(H2,18,20). The van der Waals surface area contributed by atoms with Crippen LogP contribution in [0.15, 0.2) is 18.2 Å². The van der Waals surface area contributed by atoms with Gasteiger partial charge in [-0.3, -0.25) is 4.79 Å². The van der Waals surface area contributed by atoms with Crippen LogP contribution in [0, 0.1) is 12.7 Å². The van der Waals surface area contributed by atoms with Crippen LogP contribution < -0.4 is 15.8 Å². The molecule has 118 valence electrons. The van der Waals surface area contributed by atoms with E-state index in [9.17, 15) is 9.18 Å². The van der Waals surface area contributed by atoms with E-state index in [0.717, 1.165) is 18.4 Å². The number of rotatable bonds is 9. The van der Waals surface area contributed by atoms with Crippen molar-refractivity contribution in [2.24, 2.45) is 5.73 Å². The lowest BCUT2D eigenvalue weighted by Gasteiger charge is -2.26. The Kier molecular flexibility index (Phi) is 6.62. The summed E-state index contributed by atoms with van der Waals surface area (Å²) in [6, 6.07) is 4.50. The summed E-state index contributed by atoms with van der Waals surface area (Å²) >= 11 is 0. The first-order valence-electron chi connectivity index (χ1n) is 7.33. The van der Waals surface area contributed by atoms with Gasteiger partial charge in [0.25, 0.3) is 0 Å². The molecule has 3 N–H and O–H groups in total. The molecule has 5 heteroatoms. The number of likely N-dealkylation sites (N-methyl/N-ethyl adjacent to an activating group) is 1. The van der Waals surface area contributed by atoms with Gasteiger partial charge in [-0.25, -0.2) is 4.39 Å². The quantitative estimate of drug-likeness (QED) is 0.688. The molecule has 1 aromatic carbocycles. The average molecular weight is 296 g/mol. The molecule has 0 saturated carbocycles. The second kappa shape index (κ2) is 7.98. The summed E-state index contributed by atoms with van der Waals surface area (Å²) in [7, 11) is 0. The maximum Gasteiger partial charge on any atom is 0.237 e. The van der Waals surface area contributed by atoms with Crippen LogP contribution in [0.3, 0.4) is 0 Å². The van der Waals surface area contributed by atoms with Crippen molar-refractivity contribution >= 4 is 5.91 Å². The van der Waals surface area contributed by atoms with Crippen LogP contribution in [-0.2, 0) is 4.79 Å². The molecule has 1 atom stereocenters. The van der Waals surface area contributed by atoms with E-state index in [2.05, 4.69) is 5.32 Å². The van der Waals surface area contributed by atoms with Crippen LogP contribution in [-0.4, -0.2) is 24.6 Å². The van der Waals surface area contributed by atoms with Gasteiger partial charge in [-0.15, -0.1) is 0 Å². The number of carbonyl (C=O) groups excluding carboxylic acids is 1. The Hall–Kier alpha value is -1.62. The minimum Gasteiger partial charge on any atom is -0.493 e. The molecule has 0 bridgehead atoms. The fraction of sp³-hybridized carbons (Fsp3) is 0.562. The zero-order valence-corrected chi connectivity index (χ0v) is 13.0. The number of unbranched alkanes of at least 4 members (excludes halogenated alkanes) is 1. The maximum atomic E-state index is 13.1. The van der Waals surface area contributed by atoms with Crippen LogP contribution >= 0.6 is 0 Å². The van der Waals surface area contributed by atoms with Crippen molar-refractivity contribution in [3.8, 4) is 5.75 Å². The van der Waals surface area contributed by atoms with Crippen molar-refractivity contribution < 1.29 is 13.9 Å². The zero-order valence-electron chi connectivity index (χ0n) is 13.0. The molecule has 0 radical (unpaired) electrons. The molecule has 0 aliphatic rings. The number of hydrogen-bond acceptors (Lipinski definition) is 3. The summed E-state index contributed by atoms with van der Waals surface area (Å²) in [4.78, 5) is 11.5. The van der Waals surface area contributed by atoms with Crippen molar-refractivity contribution in [2.75, 3.05) is 13.2 Å². The van der Waals surface area contributed by atoms with Gasteiger partial charge in [0.1, 0.15) is 11.6 Å². The predicted octanol–water partition coefficient (Wildman–Crippen LogP) is 2.54. The highest BCUT2D eigenvalue weighted by Gasteiger charge is 2.28. The Bertz CT molecular complexity index is 479. The third kappa shape index (κ3) is 5.34. The molecule has 4 nitrogen and oxygen atoms in total. The number of carbonyl (C=O) groups is 1. The van der Waals surface area contributed by atoms with Gasteiger partial charge in [0.15, 0.2) is 0 Å². The molecule has 0 aliphatic heterocycles. The third-order valence-corrected chi connectivity index (χ3v) is 3.59. The second-order valence-electron chi connectivity index (χ2n) is 5.44. The van der Waals surface area contributed by atoms with E-state index in [1.807, 2.05) is 20.8 Å². The smallest absolute Gasteiger partial charge is 0.237 e. The number of hydrogen-bond donors (Lipinski definition) is 2. The molecule has 21 heavy (non-hydrogen) atoms. The molecular weight excluding hydrogens is 271 g/mol. The number of aryl methyl sites for hydroxylation is 1. The van der Waals surface area contributed by atoms with Gasteiger partial charge in [-0.1, -0.05) is 13.0 Å². The van der Waals surface area contributed by atoms with Gasteiger partial charge in [0.2, 0.25) is 5.91 Å². The van der Waals surface area contributed by atoms with Gasteiger partial charge in [-0.2, -0.15) is 0 Å². The number of ether oxygens (including phenoxy) is 1. The van der Waals surface area contributed by atoms with E-state index >= 15 is 0 Å². The fourth-order valence-electron chi connectivity index (χ4n) is 2.18. The Labute approximate surface area is 125 Å². The summed E-state index contributed by atoms with van der Waals surface area (Å²) < 4.78 is 18.7. The highest BCUT2D eigenvalue weighted by Crippen LogP contribution is 2.19. The van der Waals surface area contributed by atoms with Gasteiger partial charge in [0, 0.05) is 6.07 Å². The minimum absolute atomic E-state index is 0.302. The van der Waals surface area contributed by atoms with Crippen LogP contribution in [0.2, 0.25) is 0 Å². The number of nitrogens with one attached hydrogen (secondary N) is 1. The monoisotopic (exact) mass is 296 g/mol. The summed E-state index contributed by atoms with van der Waals surface area (Å²) in [5.74, 6) is -0.0744. The Morgan fingerprint density at radius 3 is 2.76 bits per heavy atom. The largest absolute Gasteiger partial charge is 0.493 e. The number of amides is 1. The topological polar surface area (TPSA) is 64.3 Å². The van der Waals surface area contributed by atoms with Crippen molar-refractivity contribution in [3.05, 3.63) is 29.6 Å². The highest BCUT2D eigenvalue weighted by atomic mass is 19.1. The van der Waals surface area contributed by atoms with E-state index in [1.54, 1.807) is 6.07 Å². The molecule has 0 heterocycles. The van der Waals surface area contributed by atoms with Crippen LogP contribution in [0.25, 0.3) is 0 Å². The minimum atomic E-state index is -0.677.